The van der Waals surface area contributed by atoms with Gasteiger partial charge in [0.05, 0.1) is 12.1 Å². The Labute approximate surface area is 117 Å². The van der Waals surface area contributed by atoms with Gasteiger partial charge in [-0.3, -0.25) is 4.99 Å². The fourth-order valence-electron chi connectivity index (χ4n) is 2.88. The lowest BCUT2D eigenvalue weighted by Gasteiger charge is -2.25. The summed E-state index contributed by atoms with van der Waals surface area (Å²) in [6, 6.07) is 7.39. The highest BCUT2D eigenvalue weighted by Crippen LogP contribution is 2.35. The van der Waals surface area contributed by atoms with Crippen LogP contribution in [0.3, 0.4) is 0 Å². The fraction of sp³-hybridized carbons (Fsp3) is 0.533. The highest BCUT2D eigenvalue weighted by molar-refractivity contribution is 8.13. The number of aliphatic imine (C=N–C) groups is 1. The maximum atomic E-state index is 13.2. The van der Waals surface area contributed by atoms with Gasteiger partial charge in [-0.2, -0.15) is 0 Å². The number of fused-ring (bicyclic) bond motifs is 1. The predicted molar refractivity (Wildman–Crippen MR) is 79.0 cm³/mol. The van der Waals surface area contributed by atoms with Crippen molar-refractivity contribution < 1.29 is 4.39 Å². The van der Waals surface area contributed by atoms with E-state index in [1.165, 1.54) is 31.1 Å². The largest absolute Gasteiger partial charge is 0.358 e. The van der Waals surface area contributed by atoms with E-state index >= 15 is 0 Å². The van der Waals surface area contributed by atoms with Gasteiger partial charge in [0.15, 0.2) is 5.17 Å². The number of hydrogen-bond donors (Lipinski definition) is 1. The third-order valence-corrected chi connectivity index (χ3v) is 5.12. The average Bonchev–Trinajstić information content (AvgIpc) is 2.86. The van der Waals surface area contributed by atoms with Gasteiger partial charge in [0.25, 0.3) is 0 Å². The zero-order valence-electron chi connectivity index (χ0n) is 11.1. The van der Waals surface area contributed by atoms with Gasteiger partial charge in [-0.05, 0) is 43.4 Å². The van der Waals surface area contributed by atoms with E-state index in [1.54, 1.807) is 12.1 Å². The molecular formula is C15H19FN2S. The summed E-state index contributed by atoms with van der Waals surface area (Å²) >= 11 is 1.81. The second-order valence-electron chi connectivity index (χ2n) is 5.42. The number of nitrogens with one attached hydrogen (secondary N) is 1. The molecule has 0 radical (unpaired) electrons. The minimum atomic E-state index is -0.180. The third-order valence-electron chi connectivity index (χ3n) is 4.02. The van der Waals surface area contributed by atoms with E-state index in [0.717, 1.165) is 16.6 Å². The Hall–Kier alpha value is -1.03. The van der Waals surface area contributed by atoms with E-state index in [1.807, 2.05) is 17.8 Å². The number of halogens is 1. The third kappa shape index (κ3) is 2.94. The van der Waals surface area contributed by atoms with Gasteiger partial charge >= 0.3 is 0 Å². The summed E-state index contributed by atoms with van der Waals surface area (Å²) in [6.07, 6.45) is 3.87. The molecule has 3 unspecified atom stereocenters. The molecule has 1 aliphatic carbocycles. The summed E-state index contributed by atoms with van der Waals surface area (Å²) in [6.45, 7) is 2.05. The molecule has 0 saturated heterocycles. The van der Waals surface area contributed by atoms with E-state index in [4.69, 9.17) is 4.99 Å². The Morgan fingerprint density at radius 2 is 2.32 bits per heavy atom. The molecule has 0 bridgehead atoms. The highest BCUT2D eigenvalue weighted by Gasteiger charge is 2.31. The van der Waals surface area contributed by atoms with Crippen molar-refractivity contribution in [1.82, 2.24) is 5.32 Å². The molecule has 19 heavy (non-hydrogen) atoms. The van der Waals surface area contributed by atoms with Crippen LogP contribution in [0.15, 0.2) is 29.3 Å². The van der Waals surface area contributed by atoms with Crippen LogP contribution in [0.5, 0.6) is 0 Å². The molecule has 1 aliphatic heterocycles. The summed E-state index contributed by atoms with van der Waals surface area (Å²) in [7, 11) is 0. The maximum Gasteiger partial charge on any atom is 0.157 e. The molecule has 102 valence electrons. The molecule has 1 aromatic carbocycles. The highest BCUT2D eigenvalue weighted by atomic mass is 32.2. The number of nitrogens with zero attached hydrogens (tertiary/aromatic N) is 1. The van der Waals surface area contributed by atoms with Gasteiger partial charge in [-0.1, -0.05) is 30.3 Å². The lowest BCUT2D eigenvalue weighted by atomic mass is 10.1. The summed E-state index contributed by atoms with van der Waals surface area (Å²) < 4.78 is 13.2. The molecule has 1 N–H and O–H groups in total. The predicted octanol–water partition coefficient (Wildman–Crippen LogP) is 3.75. The van der Waals surface area contributed by atoms with Crippen LogP contribution < -0.4 is 5.32 Å². The molecule has 3 atom stereocenters. The molecule has 3 rings (SSSR count). The van der Waals surface area contributed by atoms with Crippen molar-refractivity contribution in [3.63, 3.8) is 0 Å². The Morgan fingerprint density at radius 1 is 1.42 bits per heavy atom. The van der Waals surface area contributed by atoms with Crippen molar-refractivity contribution in [1.29, 1.82) is 0 Å². The van der Waals surface area contributed by atoms with Crippen LogP contribution in [-0.4, -0.2) is 17.0 Å². The molecule has 2 nitrogen and oxygen atoms in total. The number of benzene rings is 1. The number of hydrogen-bond acceptors (Lipinski definition) is 3. The van der Waals surface area contributed by atoms with E-state index in [-0.39, 0.29) is 11.9 Å². The first-order valence-electron chi connectivity index (χ1n) is 6.95. The molecule has 1 fully saturated rings. The Balaban J connectivity index is 1.68. The van der Waals surface area contributed by atoms with Gasteiger partial charge < -0.3 is 5.32 Å². The van der Waals surface area contributed by atoms with E-state index < -0.39 is 0 Å². The standard InChI is InChI=1S/C15H19FN2S/c1-10(11-4-2-6-13(16)8-11)17-15-18-14-7-3-5-12(14)9-19-15/h2,4,6,8,10,12,14H,3,5,7,9H2,1H3,(H,17,18). The monoisotopic (exact) mass is 278 g/mol. The van der Waals surface area contributed by atoms with Crippen molar-refractivity contribution in [3.8, 4) is 0 Å². The minimum Gasteiger partial charge on any atom is -0.358 e. The van der Waals surface area contributed by atoms with Gasteiger partial charge in [-0.15, -0.1) is 0 Å². The lowest BCUT2D eigenvalue weighted by molar-refractivity contribution is 0.530. The Bertz CT molecular complexity index is 489. The zero-order valence-corrected chi connectivity index (χ0v) is 11.9. The Kier molecular flexibility index (Phi) is 3.78. The lowest BCUT2D eigenvalue weighted by Crippen LogP contribution is -2.31. The molecular weight excluding hydrogens is 259 g/mol. The van der Waals surface area contributed by atoms with E-state index in [2.05, 4.69) is 12.2 Å². The summed E-state index contributed by atoms with van der Waals surface area (Å²) in [5.74, 6) is 1.77. The molecule has 1 saturated carbocycles. The van der Waals surface area contributed by atoms with Crippen LogP contribution in [0.25, 0.3) is 0 Å². The first-order chi connectivity index (χ1) is 9.22. The van der Waals surface area contributed by atoms with Crippen molar-refractivity contribution in [3.05, 3.63) is 35.6 Å². The number of thioether (sulfide) groups is 1. The number of rotatable bonds is 2. The summed E-state index contributed by atoms with van der Waals surface area (Å²) in [4.78, 5) is 4.81. The van der Waals surface area contributed by atoms with Gasteiger partial charge in [0.2, 0.25) is 0 Å². The molecule has 1 aromatic rings. The SMILES string of the molecule is CC(NC1=NC2CCCC2CS1)c1cccc(F)c1. The minimum absolute atomic E-state index is 0.0971. The van der Waals surface area contributed by atoms with Crippen molar-refractivity contribution in [2.45, 2.75) is 38.3 Å². The first-order valence-corrected chi connectivity index (χ1v) is 7.93. The van der Waals surface area contributed by atoms with Crippen molar-refractivity contribution in [2.24, 2.45) is 10.9 Å². The summed E-state index contributed by atoms with van der Waals surface area (Å²) in [5, 5.41) is 4.45. The second kappa shape index (κ2) is 5.53. The van der Waals surface area contributed by atoms with E-state index in [9.17, 15) is 4.39 Å². The van der Waals surface area contributed by atoms with Gasteiger partial charge in [0, 0.05) is 5.75 Å². The van der Waals surface area contributed by atoms with Crippen molar-refractivity contribution >= 4 is 16.9 Å². The van der Waals surface area contributed by atoms with Crippen LogP contribution in [0.2, 0.25) is 0 Å². The molecule has 4 heteroatoms. The van der Waals surface area contributed by atoms with E-state index in [0.29, 0.717) is 6.04 Å². The first kappa shape index (κ1) is 13.0. The number of amidine groups is 1. The molecule has 2 aliphatic rings. The van der Waals surface area contributed by atoms with Gasteiger partial charge in [-0.25, -0.2) is 4.39 Å². The summed E-state index contributed by atoms with van der Waals surface area (Å²) in [5.41, 5.74) is 0.969. The topological polar surface area (TPSA) is 24.4 Å². The zero-order chi connectivity index (χ0) is 13.2. The second-order valence-corrected chi connectivity index (χ2v) is 6.43. The van der Waals surface area contributed by atoms with Gasteiger partial charge in [0.1, 0.15) is 5.82 Å². The molecule has 0 aromatic heterocycles. The fourth-order valence-corrected chi connectivity index (χ4v) is 4.11. The quantitative estimate of drug-likeness (QED) is 0.891. The Morgan fingerprint density at radius 3 is 3.16 bits per heavy atom. The maximum absolute atomic E-state index is 13.2. The molecule has 1 heterocycles. The normalized spacial score (nSPS) is 27.6. The molecule has 0 amide bonds. The average molecular weight is 278 g/mol. The van der Waals surface area contributed by atoms with Crippen LogP contribution in [0, 0.1) is 11.7 Å². The van der Waals surface area contributed by atoms with Crippen LogP contribution in [0.4, 0.5) is 4.39 Å². The smallest absolute Gasteiger partial charge is 0.157 e. The van der Waals surface area contributed by atoms with Crippen molar-refractivity contribution in [2.75, 3.05) is 5.75 Å². The van der Waals surface area contributed by atoms with Crippen LogP contribution in [-0.2, 0) is 0 Å². The van der Waals surface area contributed by atoms with Crippen LogP contribution in [0.1, 0.15) is 37.8 Å². The molecule has 0 spiro atoms. The van der Waals surface area contributed by atoms with Crippen LogP contribution >= 0.6 is 11.8 Å².